The molecule has 1 aliphatic heterocycles. The van der Waals surface area contributed by atoms with Crippen LogP contribution in [0, 0.1) is 17.1 Å². The number of piperazine rings is 1. The van der Waals surface area contributed by atoms with Crippen molar-refractivity contribution in [2.45, 2.75) is 31.8 Å². The molecule has 1 atom stereocenters. The summed E-state index contributed by atoms with van der Waals surface area (Å²) in [7, 11) is 0. The Morgan fingerprint density at radius 2 is 2.22 bits per heavy atom. The van der Waals surface area contributed by atoms with Crippen molar-refractivity contribution in [2.24, 2.45) is 0 Å². The van der Waals surface area contributed by atoms with Crippen molar-refractivity contribution >= 4 is 5.69 Å². The fraction of sp³-hybridized carbons (Fsp3) is 0.500. The molecule has 96 valence electrons. The number of benzene rings is 1. The van der Waals surface area contributed by atoms with Gasteiger partial charge in [0.25, 0.3) is 0 Å². The molecule has 0 amide bonds. The highest BCUT2D eigenvalue weighted by Gasteiger charge is 2.32. The SMILES string of the molecule is CC1(C)CN(c2ccccc2F)CC(CC#N)N1. The Hall–Kier alpha value is -1.60. The quantitative estimate of drug-likeness (QED) is 0.871. The van der Waals surface area contributed by atoms with Crippen LogP contribution >= 0.6 is 0 Å². The van der Waals surface area contributed by atoms with E-state index in [2.05, 4.69) is 25.2 Å². The summed E-state index contributed by atoms with van der Waals surface area (Å²) in [6.45, 7) is 5.54. The number of rotatable bonds is 2. The number of hydrogen-bond donors (Lipinski definition) is 1. The van der Waals surface area contributed by atoms with E-state index >= 15 is 0 Å². The third kappa shape index (κ3) is 2.80. The highest BCUT2D eigenvalue weighted by molar-refractivity contribution is 5.49. The minimum absolute atomic E-state index is 0.0818. The Labute approximate surface area is 107 Å². The summed E-state index contributed by atoms with van der Waals surface area (Å²) in [6.07, 6.45) is 0.439. The zero-order chi connectivity index (χ0) is 13.2. The maximum Gasteiger partial charge on any atom is 0.146 e. The Bertz CT molecular complexity index is 464. The first-order chi connectivity index (χ1) is 8.52. The first-order valence-corrected chi connectivity index (χ1v) is 6.16. The molecule has 1 aliphatic rings. The number of nitrogens with zero attached hydrogens (tertiary/aromatic N) is 2. The molecule has 1 N–H and O–H groups in total. The molecular weight excluding hydrogens is 229 g/mol. The van der Waals surface area contributed by atoms with E-state index in [0.717, 1.165) is 6.54 Å². The monoisotopic (exact) mass is 247 g/mol. The average Bonchev–Trinajstić information content (AvgIpc) is 2.27. The van der Waals surface area contributed by atoms with Crippen molar-refractivity contribution in [2.75, 3.05) is 18.0 Å². The van der Waals surface area contributed by atoms with E-state index in [-0.39, 0.29) is 17.4 Å². The molecular formula is C14H18FN3. The predicted octanol–water partition coefficient (Wildman–Crippen LogP) is 2.30. The van der Waals surface area contributed by atoms with Gasteiger partial charge in [-0.3, -0.25) is 0 Å². The van der Waals surface area contributed by atoms with Crippen LogP contribution in [0.5, 0.6) is 0 Å². The van der Waals surface area contributed by atoms with E-state index in [0.29, 0.717) is 18.7 Å². The Morgan fingerprint density at radius 1 is 1.50 bits per heavy atom. The summed E-state index contributed by atoms with van der Waals surface area (Å²) in [4.78, 5) is 2.02. The van der Waals surface area contributed by atoms with Crippen molar-refractivity contribution in [1.29, 1.82) is 5.26 Å². The van der Waals surface area contributed by atoms with Gasteiger partial charge in [0.15, 0.2) is 0 Å². The molecule has 4 heteroatoms. The maximum atomic E-state index is 13.8. The molecule has 1 heterocycles. The van der Waals surface area contributed by atoms with Gasteiger partial charge in [-0.1, -0.05) is 12.1 Å². The molecule has 3 nitrogen and oxygen atoms in total. The van der Waals surface area contributed by atoms with Crippen molar-refractivity contribution < 1.29 is 4.39 Å². The molecule has 0 saturated carbocycles. The predicted molar refractivity (Wildman–Crippen MR) is 69.8 cm³/mol. The zero-order valence-corrected chi connectivity index (χ0v) is 10.8. The van der Waals surface area contributed by atoms with Gasteiger partial charge in [0.05, 0.1) is 18.2 Å². The first kappa shape index (κ1) is 12.8. The van der Waals surface area contributed by atoms with Gasteiger partial charge in [-0.15, -0.1) is 0 Å². The van der Waals surface area contributed by atoms with Gasteiger partial charge in [0, 0.05) is 24.7 Å². The second-order valence-corrected chi connectivity index (χ2v) is 5.42. The lowest BCUT2D eigenvalue weighted by molar-refractivity contribution is 0.290. The highest BCUT2D eigenvalue weighted by atomic mass is 19.1. The van der Waals surface area contributed by atoms with Gasteiger partial charge < -0.3 is 10.2 Å². The Kier molecular flexibility index (Phi) is 3.53. The maximum absolute atomic E-state index is 13.8. The van der Waals surface area contributed by atoms with Crippen LogP contribution in [0.1, 0.15) is 20.3 Å². The summed E-state index contributed by atoms with van der Waals surface area (Å²) in [5, 5.41) is 12.2. The minimum atomic E-state index is -0.203. The van der Waals surface area contributed by atoms with Gasteiger partial charge >= 0.3 is 0 Å². The van der Waals surface area contributed by atoms with E-state index in [1.807, 2.05) is 11.0 Å². The summed E-state index contributed by atoms with van der Waals surface area (Å²) < 4.78 is 13.8. The molecule has 1 aromatic rings. The minimum Gasteiger partial charge on any atom is -0.366 e. The third-order valence-corrected chi connectivity index (χ3v) is 3.15. The average molecular weight is 247 g/mol. The van der Waals surface area contributed by atoms with E-state index < -0.39 is 0 Å². The zero-order valence-electron chi connectivity index (χ0n) is 10.8. The molecule has 0 radical (unpaired) electrons. The molecule has 18 heavy (non-hydrogen) atoms. The van der Waals surface area contributed by atoms with Crippen LogP contribution in [-0.2, 0) is 0 Å². The molecule has 1 fully saturated rings. The van der Waals surface area contributed by atoms with Crippen molar-refractivity contribution in [3.8, 4) is 6.07 Å². The standard InChI is InChI=1S/C14H18FN3/c1-14(2)10-18(9-11(17-14)7-8-16)13-6-4-3-5-12(13)15/h3-6,11,17H,7,9-10H2,1-2H3. The summed E-state index contributed by atoms with van der Waals surface area (Å²) in [6, 6.07) is 9.06. The van der Waals surface area contributed by atoms with E-state index in [4.69, 9.17) is 5.26 Å². The second kappa shape index (κ2) is 4.95. The lowest BCUT2D eigenvalue weighted by Crippen LogP contribution is -2.62. The molecule has 0 aliphatic carbocycles. The van der Waals surface area contributed by atoms with E-state index in [9.17, 15) is 4.39 Å². The molecule has 0 bridgehead atoms. The fourth-order valence-corrected chi connectivity index (χ4v) is 2.57. The molecule has 0 aromatic heterocycles. The number of nitriles is 1. The highest BCUT2D eigenvalue weighted by Crippen LogP contribution is 2.24. The number of anilines is 1. The van der Waals surface area contributed by atoms with E-state index in [1.165, 1.54) is 6.07 Å². The molecule has 1 saturated heterocycles. The summed E-state index contributed by atoms with van der Waals surface area (Å²) >= 11 is 0. The van der Waals surface area contributed by atoms with Crippen LogP contribution < -0.4 is 10.2 Å². The summed E-state index contributed by atoms with van der Waals surface area (Å²) in [5.74, 6) is -0.203. The number of para-hydroxylation sites is 1. The third-order valence-electron chi connectivity index (χ3n) is 3.15. The van der Waals surface area contributed by atoms with Crippen LogP contribution in [0.25, 0.3) is 0 Å². The molecule has 2 rings (SSSR count). The number of hydrogen-bond acceptors (Lipinski definition) is 3. The number of halogens is 1. The fourth-order valence-electron chi connectivity index (χ4n) is 2.57. The van der Waals surface area contributed by atoms with Gasteiger partial charge in [0.2, 0.25) is 0 Å². The second-order valence-electron chi connectivity index (χ2n) is 5.42. The lowest BCUT2D eigenvalue weighted by atomic mass is 9.96. The van der Waals surface area contributed by atoms with Gasteiger partial charge in [-0.2, -0.15) is 5.26 Å². The molecule has 0 spiro atoms. The van der Waals surface area contributed by atoms with Crippen LogP contribution in [0.4, 0.5) is 10.1 Å². The lowest BCUT2D eigenvalue weighted by Gasteiger charge is -2.44. The Morgan fingerprint density at radius 3 is 2.89 bits per heavy atom. The van der Waals surface area contributed by atoms with Crippen LogP contribution in [0.3, 0.4) is 0 Å². The van der Waals surface area contributed by atoms with Gasteiger partial charge in [0.1, 0.15) is 5.82 Å². The van der Waals surface area contributed by atoms with Crippen LogP contribution in [0.2, 0.25) is 0 Å². The van der Waals surface area contributed by atoms with Crippen LogP contribution in [-0.4, -0.2) is 24.7 Å². The van der Waals surface area contributed by atoms with Crippen molar-refractivity contribution in [3.05, 3.63) is 30.1 Å². The molecule has 1 unspecified atom stereocenters. The number of nitrogens with one attached hydrogen (secondary N) is 1. The smallest absolute Gasteiger partial charge is 0.146 e. The van der Waals surface area contributed by atoms with Crippen molar-refractivity contribution in [3.63, 3.8) is 0 Å². The normalized spacial score (nSPS) is 22.6. The van der Waals surface area contributed by atoms with Crippen molar-refractivity contribution in [1.82, 2.24) is 5.32 Å². The van der Waals surface area contributed by atoms with Gasteiger partial charge in [-0.25, -0.2) is 4.39 Å². The Balaban J connectivity index is 2.23. The van der Waals surface area contributed by atoms with E-state index in [1.54, 1.807) is 12.1 Å². The van der Waals surface area contributed by atoms with Crippen LogP contribution in [0.15, 0.2) is 24.3 Å². The topological polar surface area (TPSA) is 39.1 Å². The largest absolute Gasteiger partial charge is 0.366 e. The molecule has 1 aromatic carbocycles. The first-order valence-electron chi connectivity index (χ1n) is 6.16. The van der Waals surface area contributed by atoms with Gasteiger partial charge in [-0.05, 0) is 26.0 Å². The summed E-state index contributed by atoms with van der Waals surface area (Å²) in [5.41, 5.74) is 0.497.